The van der Waals surface area contributed by atoms with Crippen molar-refractivity contribution in [2.75, 3.05) is 13.6 Å². The molecule has 0 saturated heterocycles. The molecule has 0 unspecified atom stereocenters. The van der Waals surface area contributed by atoms with Crippen LogP contribution in [0.2, 0.25) is 0 Å². The lowest BCUT2D eigenvalue weighted by atomic mass is 10.3. The molecule has 2 amide bonds. The van der Waals surface area contributed by atoms with Crippen molar-refractivity contribution in [2.45, 2.75) is 19.9 Å². The van der Waals surface area contributed by atoms with Crippen molar-refractivity contribution in [3.05, 3.63) is 17.5 Å². The minimum absolute atomic E-state index is 0.0609. The fourth-order valence-electron chi connectivity index (χ4n) is 1.22. The molecule has 94 valence electrons. The molecular formula is C10H16N4O3. The van der Waals surface area contributed by atoms with Gasteiger partial charge in [0.2, 0.25) is 0 Å². The minimum Gasteiger partial charge on any atom is -0.481 e. The minimum atomic E-state index is -0.921. The molecule has 0 aromatic carbocycles. The summed E-state index contributed by atoms with van der Waals surface area (Å²) in [5, 5.41) is 17.8. The molecule has 1 rings (SSSR count). The number of hydrogen-bond donors (Lipinski definition) is 3. The number of urea groups is 1. The first-order valence-electron chi connectivity index (χ1n) is 5.20. The second kappa shape index (κ2) is 5.88. The molecule has 1 heterocycles. The van der Waals surface area contributed by atoms with Gasteiger partial charge >= 0.3 is 12.0 Å². The van der Waals surface area contributed by atoms with Crippen LogP contribution in [0, 0.1) is 6.92 Å². The highest BCUT2D eigenvalue weighted by Crippen LogP contribution is 2.01. The Morgan fingerprint density at radius 2 is 2.29 bits per heavy atom. The molecule has 0 aliphatic heterocycles. The molecule has 17 heavy (non-hydrogen) atoms. The number of rotatable bonds is 5. The maximum atomic E-state index is 11.6. The van der Waals surface area contributed by atoms with Crippen LogP contribution in [0.1, 0.15) is 17.7 Å². The monoisotopic (exact) mass is 240 g/mol. The van der Waals surface area contributed by atoms with Crippen LogP contribution in [0.5, 0.6) is 0 Å². The van der Waals surface area contributed by atoms with E-state index in [2.05, 4.69) is 15.5 Å². The van der Waals surface area contributed by atoms with E-state index in [9.17, 15) is 9.59 Å². The van der Waals surface area contributed by atoms with Crippen LogP contribution in [0.3, 0.4) is 0 Å². The molecule has 7 heteroatoms. The third kappa shape index (κ3) is 4.13. The quantitative estimate of drug-likeness (QED) is 0.691. The van der Waals surface area contributed by atoms with E-state index in [-0.39, 0.29) is 19.0 Å². The summed E-state index contributed by atoms with van der Waals surface area (Å²) in [5.41, 5.74) is 1.81. The fourth-order valence-corrected chi connectivity index (χ4v) is 1.22. The number of aryl methyl sites for hydroxylation is 1. The van der Waals surface area contributed by atoms with Crippen LogP contribution in [0.4, 0.5) is 4.79 Å². The van der Waals surface area contributed by atoms with E-state index in [0.717, 1.165) is 11.3 Å². The number of nitrogens with zero attached hydrogens (tertiary/aromatic N) is 2. The first kappa shape index (κ1) is 13.0. The van der Waals surface area contributed by atoms with Gasteiger partial charge in [-0.2, -0.15) is 5.10 Å². The molecule has 7 nitrogen and oxygen atoms in total. The second-order valence-corrected chi connectivity index (χ2v) is 3.74. The Morgan fingerprint density at radius 1 is 1.59 bits per heavy atom. The number of H-pyrrole nitrogens is 1. The Labute approximate surface area is 98.8 Å². The van der Waals surface area contributed by atoms with Crippen molar-refractivity contribution in [3.8, 4) is 0 Å². The summed E-state index contributed by atoms with van der Waals surface area (Å²) in [5.74, 6) is -0.921. The molecule has 0 saturated carbocycles. The Kier molecular flexibility index (Phi) is 4.50. The molecule has 1 aromatic heterocycles. The third-order valence-electron chi connectivity index (χ3n) is 2.37. The normalized spacial score (nSPS) is 10.0. The SMILES string of the molecule is Cc1[nH]ncc1CNC(=O)N(C)CCC(=O)O. The molecule has 1 aromatic rings. The summed E-state index contributed by atoms with van der Waals surface area (Å²) in [6, 6.07) is -0.299. The number of carbonyl (C=O) groups excluding carboxylic acids is 1. The number of carboxylic acid groups (broad SMARTS) is 1. The number of amides is 2. The highest BCUT2D eigenvalue weighted by molar-refractivity contribution is 5.75. The van der Waals surface area contributed by atoms with Gasteiger partial charge in [0.15, 0.2) is 0 Å². The zero-order chi connectivity index (χ0) is 12.8. The summed E-state index contributed by atoms with van der Waals surface area (Å²) in [7, 11) is 1.56. The average Bonchev–Trinajstić information content (AvgIpc) is 2.68. The summed E-state index contributed by atoms with van der Waals surface area (Å²) in [4.78, 5) is 23.2. The van der Waals surface area contributed by atoms with E-state index in [1.807, 2.05) is 6.92 Å². The molecule has 0 aliphatic rings. The van der Waals surface area contributed by atoms with E-state index in [1.54, 1.807) is 13.2 Å². The van der Waals surface area contributed by atoms with E-state index in [4.69, 9.17) is 5.11 Å². The van der Waals surface area contributed by atoms with E-state index in [0.29, 0.717) is 6.54 Å². The van der Waals surface area contributed by atoms with Gasteiger partial charge < -0.3 is 15.3 Å². The van der Waals surface area contributed by atoms with Gasteiger partial charge in [0.05, 0.1) is 12.6 Å². The lowest BCUT2D eigenvalue weighted by molar-refractivity contribution is -0.137. The number of carbonyl (C=O) groups is 2. The van der Waals surface area contributed by atoms with Gasteiger partial charge in [-0.25, -0.2) is 4.79 Å². The van der Waals surface area contributed by atoms with Crippen molar-refractivity contribution >= 4 is 12.0 Å². The Hall–Kier alpha value is -2.05. The zero-order valence-electron chi connectivity index (χ0n) is 9.86. The largest absolute Gasteiger partial charge is 0.481 e. The van der Waals surface area contributed by atoms with Crippen LogP contribution < -0.4 is 5.32 Å². The van der Waals surface area contributed by atoms with Crippen LogP contribution in [-0.2, 0) is 11.3 Å². The molecule has 0 aliphatic carbocycles. The highest BCUT2D eigenvalue weighted by Gasteiger charge is 2.10. The Bertz CT molecular complexity index is 402. The fraction of sp³-hybridized carbons (Fsp3) is 0.500. The molecular weight excluding hydrogens is 224 g/mol. The molecule has 0 atom stereocenters. The summed E-state index contributed by atoms with van der Waals surface area (Å²) in [6.07, 6.45) is 1.58. The number of aromatic nitrogens is 2. The number of aromatic amines is 1. The summed E-state index contributed by atoms with van der Waals surface area (Å²) >= 11 is 0. The predicted molar refractivity (Wildman–Crippen MR) is 60.4 cm³/mol. The molecule has 0 spiro atoms. The summed E-state index contributed by atoms with van der Waals surface area (Å²) in [6.45, 7) is 2.42. The van der Waals surface area contributed by atoms with Gasteiger partial charge in [-0.15, -0.1) is 0 Å². The van der Waals surface area contributed by atoms with Gasteiger partial charge in [0, 0.05) is 31.4 Å². The topological polar surface area (TPSA) is 98.3 Å². The molecule has 0 bridgehead atoms. The number of aliphatic carboxylic acids is 1. The average molecular weight is 240 g/mol. The van der Waals surface area contributed by atoms with Crippen LogP contribution >= 0.6 is 0 Å². The number of carboxylic acids is 1. The van der Waals surface area contributed by atoms with E-state index in [1.165, 1.54) is 4.90 Å². The maximum Gasteiger partial charge on any atom is 0.317 e. The van der Waals surface area contributed by atoms with Gasteiger partial charge in [-0.1, -0.05) is 0 Å². The smallest absolute Gasteiger partial charge is 0.317 e. The highest BCUT2D eigenvalue weighted by atomic mass is 16.4. The lowest BCUT2D eigenvalue weighted by Crippen LogP contribution is -2.38. The van der Waals surface area contributed by atoms with Crippen molar-refractivity contribution < 1.29 is 14.7 Å². The summed E-state index contributed by atoms with van der Waals surface area (Å²) < 4.78 is 0. The Morgan fingerprint density at radius 3 is 2.82 bits per heavy atom. The molecule has 0 radical (unpaired) electrons. The van der Waals surface area contributed by atoms with E-state index < -0.39 is 5.97 Å². The lowest BCUT2D eigenvalue weighted by Gasteiger charge is -2.16. The standard InChI is InChI=1S/C10H16N4O3/c1-7-8(6-12-13-7)5-11-10(17)14(2)4-3-9(15)16/h6H,3-5H2,1-2H3,(H,11,17)(H,12,13)(H,15,16). The first-order valence-corrected chi connectivity index (χ1v) is 5.20. The van der Waals surface area contributed by atoms with Gasteiger partial charge in [-0.05, 0) is 6.92 Å². The van der Waals surface area contributed by atoms with E-state index >= 15 is 0 Å². The number of nitrogens with one attached hydrogen (secondary N) is 2. The van der Waals surface area contributed by atoms with Crippen molar-refractivity contribution in [3.63, 3.8) is 0 Å². The van der Waals surface area contributed by atoms with Crippen molar-refractivity contribution in [2.24, 2.45) is 0 Å². The van der Waals surface area contributed by atoms with Crippen LogP contribution in [0.15, 0.2) is 6.20 Å². The van der Waals surface area contributed by atoms with Crippen LogP contribution in [0.25, 0.3) is 0 Å². The van der Waals surface area contributed by atoms with Crippen LogP contribution in [-0.4, -0.2) is 45.8 Å². The third-order valence-corrected chi connectivity index (χ3v) is 2.37. The first-order chi connectivity index (χ1) is 8.00. The van der Waals surface area contributed by atoms with Gasteiger partial charge in [0.25, 0.3) is 0 Å². The van der Waals surface area contributed by atoms with Gasteiger partial charge in [0.1, 0.15) is 0 Å². The maximum absolute atomic E-state index is 11.6. The second-order valence-electron chi connectivity index (χ2n) is 3.74. The molecule has 0 fully saturated rings. The predicted octanol–water partition coefficient (Wildman–Crippen LogP) is 0.334. The number of hydrogen-bond acceptors (Lipinski definition) is 3. The molecule has 3 N–H and O–H groups in total. The van der Waals surface area contributed by atoms with Gasteiger partial charge in [-0.3, -0.25) is 9.89 Å². The Balaban J connectivity index is 2.34. The van der Waals surface area contributed by atoms with Crippen molar-refractivity contribution in [1.29, 1.82) is 0 Å². The zero-order valence-corrected chi connectivity index (χ0v) is 9.86. The van der Waals surface area contributed by atoms with Crippen molar-refractivity contribution in [1.82, 2.24) is 20.4 Å².